The standard InChI is InChI=1S/C8H19O2P.Nd/c1-3-5-6-7-8-11(9,10)4-2;/h3-8H2,1-2H3,(H,9,10);. The summed E-state index contributed by atoms with van der Waals surface area (Å²) in [6.45, 7) is 3.92. The summed E-state index contributed by atoms with van der Waals surface area (Å²) >= 11 is 0. The van der Waals surface area contributed by atoms with Crippen LogP contribution >= 0.6 is 7.37 Å². The summed E-state index contributed by atoms with van der Waals surface area (Å²) in [5.41, 5.74) is 0. The van der Waals surface area contributed by atoms with Crippen molar-refractivity contribution in [1.82, 2.24) is 0 Å². The van der Waals surface area contributed by atoms with Crippen molar-refractivity contribution in [1.29, 1.82) is 0 Å². The minimum Gasteiger partial charge on any atom is -0.344 e. The molecule has 0 aromatic carbocycles. The summed E-state index contributed by atoms with van der Waals surface area (Å²) in [5.74, 6) is 0. The van der Waals surface area contributed by atoms with Crippen LogP contribution < -0.4 is 0 Å². The van der Waals surface area contributed by atoms with Gasteiger partial charge in [0.2, 0.25) is 0 Å². The molecule has 1 atom stereocenters. The molecule has 1 unspecified atom stereocenters. The molecule has 0 amide bonds. The second-order valence-corrected chi connectivity index (χ2v) is 5.72. The quantitative estimate of drug-likeness (QED) is 0.603. The van der Waals surface area contributed by atoms with Crippen LogP contribution in [-0.2, 0) is 4.57 Å². The molecule has 0 aliphatic carbocycles. The van der Waals surface area contributed by atoms with E-state index in [-0.39, 0.29) is 40.8 Å². The molecule has 4 heteroatoms. The van der Waals surface area contributed by atoms with Crippen molar-refractivity contribution < 1.29 is 50.3 Å². The first-order valence-corrected chi connectivity index (χ1v) is 6.46. The molecule has 0 radical (unpaired) electrons. The van der Waals surface area contributed by atoms with E-state index < -0.39 is 7.37 Å². The zero-order chi connectivity index (χ0) is 8.74. The minimum atomic E-state index is -2.71. The molecule has 0 saturated carbocycles. The van der Waals surface area contributed by atoms with Gasteiger partial charge in [0, 0.05) is 53.2 Å². The summed E-state index contributed by atoms with van der Waals surface area (Å²) in [4.78, 5) is 9.18. The van der Waals surface area contributed by atoms with Gasteiger partial charge in [-0.05, 0) is 6.42 Å². The summed E-state index contributed by atoms with van der Waals surface area (Å²) in [7, 11) is -2.71. The van der Waals surface area contributed by atoms with Gasteiger partial charge in [0.05, 0.1) is 0 Å². The van der Waals surface area contributed by atoms with Gasteiger partial charge in [-0.2, -0.15) is 0 Å². The van der Waals surface area contributed by atoms with E-state index in [1.807, 2.05) is 0 Å². The van der Waals surface area contributed by atoms with Crippen molar-refractivity contribution in [3.05, 3.63) is 0 Å². The van der Waals surface area contributed by atoms with Gasteiger partial charge < -0.3 is 4.89 Å². The Labute approximate surface area is 108 Å². The molecule has 0 rings (SSSR count). The molecule has 12 heavy (non-hydrogen) atoms. The van der Waals surface area contributed by atoms with Crippen molar-refractivity contribution >= 4 is 7.37 Å². The third-order valence-corrected chi connectivity index (χ3v) is 3.86. The van der Waals surface area contributed by atoms with Crippen LogP contribution in [0.4, 0.5) is 0 Å². The Kier molecular flexibility index (Phi) is 12.1. The summed E-state index contributed by atoms with van der Waals surface area (Å²) in [5, 5.41) is 0. The fraction of sp³-hybridized carbons (Fsp3) is 1.00. The fourth-order valence-electron chi connectivity index (χ4n) is 0.944. The summed E-state index contributed by atoms with van der Waals surface area (Å²) in [6, 6.07) is 0. The monoisotopic (exact) mass is 320 g/mol. The van der Waals surface area contributed by atoms with Gasteiger partial charge in [-0.3, -0.25) is 4.57 Å². The smallest absolute Gasteiger partial charge is 0.200 e. The maximum atomic E-state index is 11.1. The van der Waals surface area contributed by atoms with Crippen LogP contribution in [0, 0.1) is 40.8 Å². The Hall–Kier alpha value is 1.54. The molecule has 0 aromatic rings. The van der Waals surface area contributed by atoms with Crippen LogP contribution in [0.1, 0.15) is 39.5 Å². The normalized spacial score (nSPS) is 14.9. The zero-order valence-electron chi connectivity index (χ0n) is 8.05. The number of hydrogen-bond acceptors (Lipinski definition) is 1. The van der Waals surface area contributed by atoms with Crippen LogP contribution in [0.2, 0.25) is 0 Å². The van der Waals surface area contributed by atoms with Crippen molar-refractivity contribution in [2.24, 2.45) is 0 Å². The first kappa shape index (κ1) is 16.0. The van der Waals surface area contributed by atoms with Gasteiger partial charge in [-0.15, -0.1) is 0 Å². The largest absolute Gasteiger partial charge is 0.344 e. The Bertz CT molecular complexity index is 139. The van der Waals surface area contributed by atoms with E-state index in [0.29, 0.717) is 12.3 Å². The van der Waals surface area contributed by atoms with Gasteiger partial charge >= 0.3 is 0 Å². The van der Waals surface area contributed by atoms with E-state index in [2.05, 4.69) is 6.92 Å². The maximum absolute atomic E-state index is 11.1. The number of unbranched alkanes of at least 4 members (excludes halogenated alkanes) is 3. The number of hydrogen-bond donors (Lipinski definition) is 1. The first-order chi connectivity index (χ1) is 5.12. The Morgan fingerprint density at radius 2 is 1.75 bits per heavy atom. The van der Waals surface area contributed by atoms with Gasteiger partial charge in [0.25, 0.3) is 0 Å². The Morgan fingerprint density at radius 1 is 1.17 bits per heavy atom. The van der Waals surface area contributed by atoms with Crippen LogP contribution in [0.3, 0.4) is 0 Å². The predicted octanol–water partition coefficient (Wildman–Crippen LogP) is 2.86. The van der Waals surface area contributed by atoms with E-state index >= 15 is 0 Å². The Balaban J connectivity index is 0. The molecule has 0 saturated heterocycles. The number of rotatable bonds is 6. The molecule has 0 aliphatic rings. The SMILES string of the molecule is CCCCCCP(=O)(O)CC.[Nd]. The topological polar surface area (TPSA) is 37.3 Å². The molecule has 0 heterocycles. The zero-order valence-corrected chi connectivity index (χ0v) is 12.1. The van der Waals surface area contributed by atoms with Crippen LogP contribution in [0.15, 0.2) is 0 Å². The van der Waals surface area contributed by atoms with Crippen LogP contribution in [0.25, 0.3) is 0 Å². The first-order valence-electron chi connectivity index (χ1n) is 4.43. The summed E-state index contributed by atoms with van der Waals surface area (Å²) in [6.07, 6.45) is 5.32. The third-order valence-electron chi connectivity index (χ3n) is 1.86. The van der Waals surface area contributed by atoms with Gasteiger partial charge in [-0.1, -0.05) is 33.1 Å². The van der Waals surface area contributed by atoms with Crippen molar-refractivity contribution in [2.45, 2.75) is 39.5 Å². The average molecular weight is 322 g/mol. The van der Waals surface area contributed by atoms with Crippen LogP contribution in [-0.4, -0.2) is 17.2 Å². The van der Waals surface area contributed by atoms with E-state index in [1.165, 1.54) is 12.8 Å². The van der Waals surface area contributed by atoms with Crippen LogP contribution in [0.5, 0.6) is 0 Å². The van der Waals surface area contributed by atoms with Crippen molar-refractivity contribution in [3.63, 3.8) is 0 Å². The molecule has 0 bridgehead atoms. The second-order valence-electron chi connectivity index (χ2n) is 2.95. The molecule has 0 spiro atoms. The van der Waals surface area contributed by atoms with E-state index in [4.69, 9.17) is 0 Å². The molecule has 1 N–H and O–H groups in total. The molecule has 72 valence electrons. The molecule has 0 aromatic heterocycles. The minimum absolute atomic E-state index is 0. The average Bonchev–Trinajstić information content (AvgIpc) is 1.99. The molecule has 0 aliphatic heterocycles. The van der Waals surface area contributed by atoms with Gasteiger partial charge in [0.15, 0.2) is 7.37 Å². The predicted molar refractivity (Wildman–Crippen MR) is 49.4 cm³/mol. The van der Waals surface area contributed by atoms with E-state index in [1.54, 1.807) is 6.92 Å². The molecule has 0 fully saturated rings. The molecular formula is C8H19NdO2P. The second kappa shape index (κ2) is 9.11. The third kappa shape index (κ3) is 9.63. The van der Waals surface area contributed by atoms with Crippen molar-refractivity contribution in [3.8, 4) is 0 Å². The maximum Gasteiger partial charge on any atom is 0.200 e. The van der Waals surface area contributed by atoms with Gasteiger partial charge in [0.1, 0.15) is 0 Å². The molecular weight excluding hydrogens is 303 g/mol. The van der Waals surface area contributed by atoms with E-state index in [0.717, 1.165) is 12.8 Å². The Morgan fingerprint density at radius 3 is 2.17 bits per heavy atom. The summed E-state index contributed by atoms with van der Waals surface area (Å²) < 4.78 is 11.1. The fourth-order valence-corrected chi connectivity index (χ4v) is 1.98. The molecule has 2 nitrogen and oxygen atoms in total. The van der Waals surface area contributed by atoms with E-state index in [9.17, 15) is 9.46 Å². The van der Waals surface area contributed by atoms with Crippen molar-refractivity contribution in [2.75, 3.05) is 12.3 Å². The van der Waals surface area contributed by atoms with Gasteiger partial charge in [-0.25, -0.2) is 0 Å².